The Bertz CT molecular complexity index is 874. The van der Waals surface area contributed by atoms with E-state index in [1.54, 1.807) is 12.4 Å². The van der Waals surface area contributed by atoms with E-state index in [2.05, 4.69) is 49.6 Å². The minimum Gasteiger partial charge on any atom is -0.354 e. The first-order valence-electron chi connectivity index (χ1n) is 11.1. The van der Waals surface area contributed by atoms with Crippen LogP contribution in [0.25, 0.3) is 0 Å². The molecular formula is C22H32N8O. The molecule has 9 nitrogen and oxygen atoms in total. The summed E-state index contributed by atoms with van der Waals surface area (Å²) >= 11 is 0. The Balaban J connectivity index is 1.25. The van der Waals surface area contributed by atoms with Crippen LogP contribution < -0.4 is 9.80 Å². The number of carbonyl (C=O) groups is 1. The maximum absolute atomic E-state index is 12.8. The zero-order valence-electron chi connectivity index (χ0n) is 18.7. The van der Waals surface area contributed by atoms with Gasteiger partial charge in [0.2, 0.25) is 11.9 Å². The fourth-order valence-corrected chi connectivity index (χ4v) is 4.03. The fourth-order valence-electron chi connectivity index (χ4n) is 4.03. The third-order valence-corrected chi connectivity index (χ3v) is 5.90. The highest BCUT2D eigenvalue weighted by Gasteiger charge is 2.26. The summed E-state index contributed by atoms with van der Waals surface area (Å²) in [4.78, 5) is 39.4. The van der Waals surface area contributed by atoms with Crippen LogP contribution in [-0.2, 0) is 4.79 Å². The topological polar surface area (TPSA) is 81.6 Å². The van der Waals surface area contributed by atoms with Crippen molar-refractivity contribution in [3.63, 3.8) is 0 Å². The average Bonchev–Trinajstić information content (AvgIpc) is 2.80. The van der Waals surface area contributed by atoms with Crippen molar-refractivity contribution >= 4 is 17.7 Å². The normalized spacial score (nSPS) is 18.0. The van der Waals surface area contributed by atoms with Crippen molar-refractivity contribution in [3.8, 4) is 0 Å². The maximum Gasteiger partial charge on any atom is 0.236 e. The first-order chi connectivity index (χ1) is 15.0. The largest absolute Gasteiger partial charge is 0.354 e. The Morgan fingerprint density at radius 1 is 0.935 bits per heavy atom. The summed E-state index contributed by atoms with van der Waals surface area (Å²) in [7, 11) is 0. The SMILES string of the molecule is Cc1cc(N2CCN(CC(=O)N3CCN(c4ncccn4)CC3)CC2)nc(C(C)C)n1. The van der Waals surface area contributed by atoms with E-state index in [0.717, 1.165) is 75.6 Å². The standard InChI is InChI=1S/C22H32N8O/c1-17(2)21-25-18(3)15-19(26-21)28-9-7-27(8-10-28)16-20(31)29-11-13-30(14-12-29)22-23-5-4-6-24-22/h4-6,15,17H,7-14,16H2,1-3H3. The molecule has 0 atom stereocenters. The quantitative estimate of drug-likeness (QED) is 0.708. The number of hydrogen-bond donors (Lipinski definition) is 0. The third kappa shape index (κ3) is 5.28. The van der Waals surface area contributed by atoms with E-state index in [1.165, 1.54) is 0 Å². The number of nitrogens with zero attached hydrogens (tertiary/aromatic N) is 8. The van der Waals surface area contributed by atoms with E-state index in [-0.39, 0.29) is 5.91 Å². The van der Waals surface area contributed by atoms with Gasteiger partial charge in [0.25, 0.3) is 0 Å². The van der Waals surface area contributed by atoms with Gasteiger partial charge >= 0.3 is 0 Å². The lowest BCUT2D eigenvalue weighted by Gasteiger charge is -2.38. The van der Waals surface area contributed by atoms with Crippen LogP contribution in [-0.4, -0.2) is 94.5 Å². The molecule has 0 spiro atoms. The van der Waals surface area contributed by atoms with Crippen molar-refractivity contribution in [2.24, 2.45) is 0 Å². The Hall–Kier alpha value is -2.81. The molecule has 2 aliphatic rings. The van der Waals surface area contributed by atoms with Crippen LogP contribution in [0.1, 0.15) is 31.3 Å². The molecule has 4 heterocycles. The van der Waals surface area contributed by atoms with Crippen LogP contribution >= 0.6 is 0 Å². The highest BCUT2D eigenvalue weighted by Crippen LogP contribution is 2.19. The Labute approximate surface area is 184 Å². The number of carbonyl (C=O) groups excluding carboxylic acids is 1. The second-order valence-corrected chi connectivity index (χ2v) is 8.56. The van der Waals surface area contributed by atoms with Gasteiger partial charge in [-0.15, -0.1) is 0 Å². The molecule has 2 aromatic rings. The van der Waals surface area contributed by atoms with Gasteiger partial charge in [-0.3, -0.25) is 9.69 Å². The molecular weight excluding hydrogens is 392 g/mol. The molecule has 31 heavy (non-hydrogen) atoms. The molecule has 1 amide bonds. The zero-order chi connectivity index (χ0) is 21.8. The van der Waals surface area contributed by atoms with Gasteiger partial charge < -0.3 is 14.7 Å². The molecule has 0 aliphatic carbocycles. The van der Waals surface area contributed by atoms with Gasteiger partial charge in [-0.1, -0.05) is 13.8 Å². The van der Waals surface area contributed by atoms with Crippen LogP contribution in [0.3, 0.4) is 0 Å². The molecule has 0 bridgehead atoms. The Morgan fingerprint density at radius 2 is 1.58 bits per heavy atom. The van der Waals surface area contributed by atoms with Gasteiger partial charge in [0.05, 0.1) is 6.54 Å². The third-order valence-electron chi connectivity index (χ3n) is 5.90. The summed E-state index contributed by atoms with van der Waals surface area (Å²) in [6.45, 7) is 13.2. The molecule has 2 fully saturated rings. The molecule has 0 radical (unpaired) electrons. The summed E-state index contributed by atoms with van der Waals surface area (Å²) in [5.74, 6) is 3.16. The summed E-state index contributed by atoms with van der Waals surface area (Å²) < 4.78 is 0. The van der Waals surface area contributed by atoms with Gasteiger partial charge in [0.1, 0.15) is 11.6 Å². The molecule has 0 N–H and O–H groups in total. The van der Waals surface area contributed by atoms with E-state index in [1.807, 2.05) is 17.9 Å². The van der Waals surface area contributed by atoms with Crippen LogP contribution in [0.2, 0.25) is 0 Å². The van der Waals surface area contributed by atoms with Crippen LogP contribution in [0, 0.1) is 6.92 Å². The fraction of sp³-hybridized carbons (Fsp3) is 0.591. The van der Waals surface area contributed by atoms with Gasteiger partial charge in [-0.05, 0) is 13.0 Å². The van der Waals surface area contributed by atoms with Crippen molar-refractivity contribution in [1.82, 2.24) is 29.7 Å². The second-order valence-electron chi connectivity index (χ2n) is 8.56. The smallest absolute Gasteiger partial charge is 0.236 e. The molecule has 0 unspecified atom stereocenters. The number of anilines is 2. The number of aryl methyl sites for hydroxylation is 1. The molecule has 0 aromatic carbocycles. The molecule has 0 saturated carbocycles. The van der Waals surface area contributed by atoms with Gasteiger partial charge in [-0.25, -0.2) is 19.9 Å². The molecule has 166 valence electrons. The minimum absolute atomic E-state index is 0.210. The first kappa shape index (κ1) is 21.4. The highest BCUT2D eigenvalue weighted by atomic mass is 16.2. The van der Waals surface area contributed by atoms with Crippen molar-refractivity contribution < 1.29 is 4.79 Å². The Kier molecular flexibility index (Phi) is 6.60. The average molecular weight is 425 g/mol. The van der Waals surface area contributed by atoms with Crippen LogP contribution in [0.4, 0.5) is 11.8 Å². The van der Waals surface area contributed by atoms with E-state index in [0.29, 0.717) is 12.5 Å². The summed E-state index contributed by atoms with van der Waals surface area (Å²) in [6.07, 6.45) is 3.51. The summed E-state index contributed by atoms with van der Waals surface area (Å²) in [6, 6.07) is 3.88. The first-order valence-corrected chi connectivity index (χ1v) is 11.1. The highest BCUT2D eigenvalue weighted by molar-refractivity contribution is 5.78. The predicted octanol–water partition coefficient (Wildman–Crippen LogP) is 1.17. The molecule has 9 heteroatoms. The number of amides is 1. The van der Waals surface area contributed by atoms with Crippen molar-refractivity contribution in [2.75, 3.05) is 68.7 Å². The van der Waals surface area contributed by atoms with Gasteiger partial charge in [0.15, 0.2) is 0 Å². The monoisotopic (exact) mass is 424 g/mol. The number of aromatic nitrogens is 4. The molecule has 2 aromatic heterocycles. The van der Waals surface area contributed by atoms with Crippen molar-refractivity contribution in [1.29, 1.82) is 0 Å². The minimum atomic E-state index is 0.210. The zero-order valence-corrected chi connectivity index (χ0v) is 18.7. The molecule has 2 aliphatic heterocycles. The molecule has 2 saturated heterocycles. The Morgan fingerprint density at radius 3 is 2.23 bits per heavy atom. The predicted molar refractivity (Wildman–Crippen MR) is 120 cm³/mol. The summed E-state index contributed by atoms with van der Waals surface area (Å²) in [5.41, 5.74) is 1.01. The lowest BCUT2D eigenvalue weighted by atomic mass is 10.2. The number of piperazine rings is 2. The lowest BCUT2D eigenvalue weighted by Crippen LogP contribution is -2.54. The molecule has 4 rings (SSSR count). The van der Waals surface area contributed by atoms with E-state index < -0.39 is 0 Å². The van der Waals surface area contributed by atoms with E-state index >= 15 is 0 Å². The van der Waals surface area contributed by atoms with E-state index in [9.17, 15) is 4.79 Å². The van der Waals surface area contributed by atoms with Crippen LogP contribution in [0.15, 0.2) is 24.5 Å². The number of rotatable bonds is 5. The summed E-state index contributed by atoms with van der Waals surface area (Å²) in [5, 5.41) is 0. The van der Waals surface area contributed by atoms with Crippen molar-refractivity contribution in [2.45, 2.75) is 26.7 Å². The van der Waals surface area contributed by atoms with Gasteiger partial charge in [-0.2, -0.15) is 0 Å². The van der Waals surface area contributed by atoms with Crippen molar-refractivity contribution in [3.05, 3.63) is 36.0 Å². The lowest BCUT2D eigenvalue weighted by molar-refractivity contribution is -0.132. The van der Waals surface area contributed by atoms with Crippen LogP contribution in [0.5, 0.6) is 0 Å². The maximum atomic E-state index is 12.8. The van der Waals surface area contributed by atoms with Gasteiger partial charge in [0, 0.05) is 82.4 Å². The van der Waals surface area contributed by atoms with E-state index in [4.69, 9.17) is 4.98 Å². The second kappa shape index (κ2) is 9.55. The number of hydrogen-bond acceptors (Lipinski definition) is 8.